The zero-order valence-corrected chi connectivity index (χ0v) is 8.70. The SMILES string of the molecule is Cc1nc(Cl)c(I)c(Cl)n1. The summed E-state index contributed by atoms with van der Waals surface area (Å²) in [5.41, 5.74) is 0. The Kier molecular flexibility index (Phi) is 2.71. The summed E-state index contributed by atoms with van der Waals surface area (Å²) in [5.74, 6) is 0.593. The standard InChI is InChI=1S/C5H3Cl2IN2/c1-2-9-4(6)3(8)5(7)10-2/h1H3. The van der Waals surface area contributed by atoms with Gasteiger partial charge in [-0.2, -0.15) is 0 Å². The first-order valence-corrected chi connectivity index (χ1v) is 4.30. The molecule has 0 N–H and O–H groups in total. The summed E-state index contributed by atoms with van der Waals surface area (Å²) in [6, 6.07) is 0. The van der Waals surface area contributed by atoms with E-state index in [0.29, 0.717) is 19.7 Å². The maximum absolute atomic E-state index is 5.68. The minimum absolute atomic E-state index is 0.415. The van der Waals surface area contributed by atoms with Crippen molar-refractivity contribution in [3.8, 4) is 0 Å². The molecule has 10 heavy (non-hydrogen) atoms. The molecule has 1 rings (SSSR count). The molecule has 1 aromatic rings. The smallest absolute Gasteiger partial charge is 0.147 e. The van der Waals surface area contributed by atoms with Crippen LogP contribution in [0.5, 0.6) is 0 Å². The molecule has 0 saturated heterocycles. The van der Waals surface area contributed by atoms with Gasteiger partial charge < -0.3 is 0 Å². The Hall–Kier alpha value is 0.390. The topological polar surface area (TPSA) is 25.8 Å². The fourth-order valence-corrected chi connectivity index (χ4v) is 1.21. The lowest BCUT2D eigenvalue weighted by atomic mass is 10.6. The Bertz CT molecular complexity index is 241. The molecule has 0 saturated carbocycles. The van der Waals surface area contributed by atoms with Gasteiger partial charge in [0.05, 0.1) is 3.57 Å². The van der Waals surface area contributed by atoms with Crippen molar-refractivity contribution in [3.05, 3.63) is 19.7 Å². The van der Waals surface area contributed by atoms with Gasteiger partial charge in [0.15, 0.2) is 0 Å². The van der Waals surface area contributed by atoms with Gasteiger partial charge in [0, 0.05) is 0 Å². The first-order chi connectivity index (χ1) is 4.61. The van der Waals surface area contributed by atoms with E-state index in [2.05, 4.69) is 9.97 Å². The molecular weight excluding hydrogens is 286 g/mol. The lowest BCUT2D eigenvalue weighted by Gasteiger charge is -1.97. The molecule has 0 bridgehead atoms. The third-order valence-electron chi connectivity index (χ3n) is 0.882. The van der Waals surface area contributed by atoms with Gasteiger partial charge in [-0.05, 0) is 29.5 Å². The summed E-state index contributed by atoms with van der Waals surface area (Å²) in [6.45, 7) is 1.74. The van der Waals surface area contributed by atoms with Crippen molar-refractivity contribution in [2.75, 3.05) is 0 Å². The lowest BCUT2D eigenvalue weighted by molar-refractivity contribution is 1.04. The van der Waals surface area contributed by atoms with E-state index < -0.39 is 0 Å². The summed E-state index contributed by atoms with van der Waals surface area (Å²) in [5, 5.41) is 0.830. The van der Waals surface area contributed by atoms with Crippen LogP contribution in [0.15, 0.2) is 0 Å². The Balaban J connectivity index is 3.31. The van der Waals surface area contributed by atoms with Gasteiger partial charge in [0.1, 0.15) is 16.1 Å². The fourth-order valence-electron chi connectivity index (χ4n) is 0.492. The zero-order chi connectivity index (χ0) is 7.72. The van der Waals surface area contributed by atoms with Crippen LogP contribution in [-0.4, -0.2) is 9.97 Å². The third kappa shape index (κ3) is 1.71. The van der Waals surface area contributed by atoms with E-state index in [-0.39, 0.29) is 0 Å². The molecule has 5 heteroatoms. The highest BCUT2D eigenvalue weighted by Crippen LogP contribution is 2.22. The van der Waals surface area contributed by atoms with E-state index in [1.165, 1.54) is 0 Å². The van der Waals surface area contributed by atoms with Crippen molar-refractivity contribution in [2.24, 2.45) is 0 Å². The minimum Gasteiger partial charge on any atom is -0.220 e. The average molecular weight is 289 g/mol. The number of rotatable bonds is 0. The van der Waals surface area contributed by atoms with Gasteiger partial charge in [0.25, 0.3) is 0 Å². The van der Waals surface area contributed by atoms with Crippen LogP contribution >= 0.6 is 45.8 Å². The van der Waals surface area contributed by atoms with Crippen molar-refractivity contribution in [1.29, 1.82) is 0 Å². The minimum atomic E-state index is 0.415. The lowest BCUT2D eigenvalue weighted by Crippen LogP contribution is -1.91. The van der Waals surface area contributed by atoms with E-state index in [9.17, 15) is 0 Å². The van der Waals surface area contributed by atoms with E-state index in [0.717, 1.165) is 0 Å². The normalized spacial score (nSPS) is 10.0. The summed E-state index contributed by atoms with van der Waals surface area (Å²) in [6.07, 6.45) is 0. The highest BCUT2D eigenvalue weighted by atomic mass is 127. The predicted octanol–water partition coefficient (Wildman–Crippen LogP) is 2.70. The summed E-state index contributed by atoms with van der Waals surface area (Å²) < 4.78 is 0.700. The molecule has 54 valence electrons. The number of nitrogens with zero attached hydrogens (tertiary/aromatic N) is 2. The van der Waals surface area contributed by atoms with Crippen LogP contribution in [0.25, 0.3) is 0 Å². The van der Waals surface area contributed by atoms with Crippen molar-refractivity contribution < 1.29 is 0 Å². The number of hydrogen-bond acceptors (Lipinski definition) is 2. The van der Waals surface area contributed by atoms with Crippen LogP contribution in [0, 0.1) is 10.5 Å². The molecule has 0 fully saturated rings. The second kappa shape index (κ2) is 3.19. The Labute approximate surface area is 82.1 Å². The van der Waals surface area contributed by atoms with Crippen LogP contribution < -0.4 is 0 Å². The molecule has 1 aromatic heterocycles. The van der Waals surface area contributed by atoms with Gasteiger partial charge in [-0.25, -0.2) is 9.97 Å². The molecule has 0 aliphatic heterocycles. The van der Waals surface area contributed by atoms with E-state index >= 15 is 0 Å². The van der Waals surface area contributed by atoms with Crippen LogP contribution in [0.4, 0.5) is 0 Å². The Morgan fingerprint density at radius 2 is 1.60 bits per heavy atom. The van der Waals surface area contributed by atoms with Gasteiger partial charge in [-0.15, -0.1) is 0 Å². The fraction of sp³-hybridized carbons (Fsp3) is 0.200. The second-order valence-electron chi connectivity index (χ2n) is 1.67. The van der Waals surface area contributed by atoms with Gasteiger partial charge in [-0.3, -0.25) is 0 Å². The molecular formula is C5H3Cl2IN2. The highest BCUT2D eigenvalue weighted by molar-refractivity contribution is 14.1. The largest absolute Gasteiger partial charge is 0.220 e. The molecule has 0 spiro atoms. The number of aromatic nitrogens is 2. The molecule has 2 nitrogen and oxygen atoms in total. The van der Waals surface area contributed by atoms with E-state index in [1.807, 2.05) is 22.6 Å². The van der Waals surface area contributed by atoms with Crippen LogP contribution in [0.2, 0.25) is 10.3 Å². The van der Waals surface area contributed by atoms with Crippen molar-refractivity contribution in [1.82, 2.24) is 9.97 Å². The van der Waals surface area contributed by atoms with Crippen molar-refractivity contribution >= 4 is 45.8 Å². The molecule has 0 radical (unpaired) electrons. The van der Waals surface area contributed by atoms with Crippen LogP contribution in [0.3, 0.4) is 0 Å². The Morgan fingerprint density at radius 1 is 1.20 bits per heavy atom. The molecule has 1 heterocycles. The summed E-state index contributed by atoms with van der Waals surface area (Å²) in [7, 11) is 0. The molecule has 0 amide bonds. The summed E-state index contributed by atoms with van der Waals surface area (Å²) in [4.78, 5) is 7.79. The maximum atomic E-state index is 5.68. The highest BCUT2D eigenvalue weighted by Gasteiger charge is 2.04. The number of aryl methyl sites for hydroxylation is 1. The quantitative estimate of drug-likeness (QED) is 0.542. The summed E-state index contributed by atoms with van der Waals surface area (Å²) >= 11 is 13.3. The molecule has 0 aliphatic rings. The third-order valence-corrected chi connectivity index (χ3v) is 3.09. The average Bonchev–Trinajstić information content (AvgIpc) is 1.82. The van der Waals surface area contributed by atoms with Crippen molar-refractivity contribution in [3.63, 3.8) is 0 Å². The first kappa shape index (κ1) is 8.49. The van der Waals surface area contributed by atoms with Gasteiger partial charge in [-0.1, -0.05) is 23.2 Å². The first-order valence-electron chi connectivity index (χ1n) is 2.46. The molecule has 0 unspecified atom stereocenters. The van der Waals surface area contributed by atoms with Gasteiger partial charge in [0.2, 0.25) is 0 Å². The molecule has 0 aliphatic carbocycles. The molecule has 0 aromatic carbocycles. The van der Waals surface area contributed by atoms with Crippen LogP contribution in [0.1, 0.15) is 5.82 Å². The van der Waals surface area contributed by atoms with Gasteiger partial charge >= 0.3 is 0 Å². The van der Waals surface area contributed by atoms with E-state index in [4.69, 9.17) is 23.2 Å². The predicted molar refractivity (Wildman–Crippen MR) is 49.5 cm³/mol. The second-order valence-corrected chi connectivity index (χ2v) is 3.46. The van der Waals surface area contributed by atoms with E-state index in [1.54, 1.807) is 6.92 Å². The number of hydrogen-bond donors (Lipinski definition) is 0. The van der Waals surface area contributed by atoms with Crippen molar-refractivity contribution in [2.45, 2.75) is 6.92 Å². The zero-order valence-electron chi connectivity index (χ0n) is 5.03. The maximum Gasteiger partial charge on any atom is 0.147 e. The Morgan fingerprint density at radius 3 is 2.00 bits per heavy atom. The molecule has 0 atom stereocenters. The van der Waals surface area contributed by atoms with Crippen LogP contribution in [-0.2, 0) is 0 Å². The number of halogens is 3. The monoisotopic (exact) mass is 288 g/mol.